The first kappa shape index (κ1) is 13.6. The fraction of sp³-hybridized carbons (Fsp3) is 0.526. The summed E-state index contributed by atoms with van der Waals surface area (Å²) in [7, 11) is 0. The lowest BCUT2D eigenvalue weighted by molar-refractivity contribution is -0.135. The van der Waals surface area contributed by atoms with Gasteiger partial charge in [-0.3, -0.25) is 4.79 Å². The number of amides is 1. The number of ether oxygens (including phenoxy) is 1. The van der Waals surface area contributed by atoms with Crippen molar-refractivity contribution < 1.29 is 9.53 Å². The van der Waals surface area contributed by atoms with Crippen molar-refractivity contribution in [3.63, 3.8) is 0 Å². The smallest absolute Gasteiger partial charge is 0.254 e. The average Bonchev–Trinajstić information content (AvgIpc) is 3.30. The summed E-state index contributed by atoms with van der Waals surface area (Å²) in [6, 6.07) is 8.53. The van der Waals surface area contributed by atoms with Crippen molar-refractivity contribution in [2.45, 2.75) is 44.8 Å². The topological polar surface area (TPSA) is 48.6 Å². The van der Waals surface area contributed by atoms with Gasteiger partial charge in [0.15, 0.2) is 6.10 Å². The maximum absolute atomic E-state index is 12.5. The molecule has 3 aliphatic heterocycles. The summed E-state index contributed by atoms with van der Waals surface area (Å²) >= 11 is 0. The van der Waals surface area contributed by atoms with E-state index in [1.54, 1.807) is 0 Å². The zero-order chi connectivity index (χ0) is 15.6. The quantitative estimate of drug-likeness (QED) is 0.823. The summed E-state index contributed by atoms with van der Waals surface area (Å²) in [5.74, 6) is 0.211. The van der Waals surface area contributed by atoms with Crippen LogP contribution in [0, 0.1) is 5.41 Å². The Morgan fingerprint density at radius 3 is 3.09 bits per heavy atom. The van der Waals surface area contributed by atoms with E-state index < -0.39 is 0 Å². The molecule has 1 aromatic carbocycles. The number of nitrogens with zero attached hydrogens (tertiary/aromatic N) is 1. The van der Waals surface area contributed by atoms with Crippen LogP contribution in [0.5, 0.6) is 0 Å². The van der Waals surface area contributed by atoms with Crippen LogP contribution in [0.3, 0.4) is 0 Å². The fourth-order valence-electron chi connectivity index (χ4n) is 4.77. The van der Waals surface area contributed by atoms with Crippen LogP contribution >= 0.6 is 0 Å². The molecule has 3 unspecified atom stereocenters. The molecule has 4 nitrogen and oxygen atoms in total. The van der Waals surface area contributed by atoms with E-state index in [2.05, 4.69) is 41.1 Å². The molecule has 4 heterocycles. The lowest BCUT2D eigenvalue weighted by Gasteiger charge is -2.39. The summed E-state index contributed by atoms with van der Waals surface area (Å²) in [5, 5.41) is 1.32. The van der Waals surface area contributed by atoms with Crippen molar-refractivity contribution >= 4 is 16.8 Å². The molecule has 0 radical (unpaired) electrons. The molecule has 120 valence electrons. The van der Waals surface area contributed by atoms with Gasteiger partial charge >= 0.3 is 0 Å². The second kappa shape index (κ2) is 4.60. The zero-order valence-electron chi connectivity index (χ0n) is 13.5. The van der Waals surface area contributed by atoms with Crippen molar-refractivity contribution in [3.8, 4) is 0 Å². The Balaban J connectivity index is 1.59. The van der Waals surface area contributed by atoms with E-state index in [-0.39, 0.29) is 23.5 Å². The molecule has 2 saturated heterocycles. The minimum absolute atomic E-state index is 0.136. The van der Waals surface area contributed by atoms with Gasteiger partial charge in [-0.1, -0.05) is 25.1 Å². The Hall–Kier alpha value is -1.81. The number of H-pyrrole nitrogens is 1. The van der Waals surface area contributed by atoms with Gasteiger partial charge in [0.25, 0.3) is 5.91 Å². The largest absolute Gasteiger partial charge is 0.358 e. The molecule has 0 saturated carbocycles. The normalized spacial score (nSPS) is 32.7. The summed E-state index contributed by atoms with van der Waals surface area (Å²) in [6.45, 7) is 3.92. The molecule has 0 spiro atoms. The molecule has 2 aromatic rings. The highest BCUT2D eigenvalue weighted by Crippen LogP contribution is 2.50. The van der Waals surface area contributed by atoms with Gasteiger partial charge in [-0.05, 0) is 37.3 Å². The molecule has 2 fully saturated rings. The van der Waals surface area contributed by atoms with Gasteiger partial charge in [-0.15, -0.1) is 0 Å². The lowest BCUT2D eigenvalue weighted by Crippen LogP contribution is -2.51. The number of hydrogen-bond acceptors (Lipinski definition) is 2. The third-order valence-electron chi connectivity index (χ3n) is 6.27. The Labute approximate surface area is 135 Å². The molecule has 4 heteroatoms. The number of carbonyl (C=O) groups is 1. The van der Waals surface area contributed by atoms with Gasteiger partial charge in [0, 0.05) is 35.1 Å². The number of fused-ring (bicyclic) bond motifs is 7. The van der Waals surface area contributed by atoms with E-state index in [4.69, 9.17) is 4.74 Å². The predicted molar refractivity (Wildman–Crippen MR) is 88.3 cm³/mol. The molecule has 23 heavy (non-hydrogen) atoms. The van der Waals surface area contributed by atoms with Gasteiger partial charge in [0.1, 0.15) is 6.10 Å². The summed E-state index contributed by atoms with van der Waals surface area (Å²) in [4.78, 5) is 18.2. The first-order chi connectivity index (χ1) is 11.2. The second-order valence-electron chi connectivity index (χ2n) is 7.33. The molecular formula is C19H22N2O2. The lowest BCUT2D eigenvalue weighted by atomic mass is 9.73. The number of benzene rings is 1. The Morgan fingerprint density at radius 1 is 1.35 bits per heavy atom. The van der Waals surface area contributed by atoms with Crippen molar-refractivity contribution in [2.24, 2.45) is 5.41 Å². The highest BCUT2D eigenvalue weighted by Gasteiger charge is 2.62. The van der Waals surface area contributed by atoms with Crippen LogP contribution in [0.2, 0.25) is 0 Å². The summed E-state index contributed by atoms with van der Waals surface area (Å²) < 4.78 is 5.80. The van der Waals surface area contributed by atoms with Gasteiger partial charge in [0.2, 0.25) is 0 Å². The third-order valence-corrected chi connectivity index (χ3v) is 6.27. The number of aryl methyl sites for hydroxylation is 1. The maximum atomic E-state index is 12.5. The van der Waals surface area contributed by atoms with Crippen molar-refractivity contribution in [3.05, 3.63) is 35.5 Å². The van der Waals surface area contributed by atoms with E-state index >= 15 is 0 Å². The summed E-state index contributed by atoms with van der Waals surface area (Å²) in [5.41, 5.74) is 4.12. The highest BCUT2D eigenvalue weighted by molar-refractivity contribution is 5.86. The number of piperidine rings is 1. The van der Waals surface area contributed by atoms with Gasteiger partial charge in [-0.25, -0.2) is 0 Å². The van der Waals surface area contributed by atoms with E-state index in [9.17, 15) is 4.79 Å². The van der Waals surface area contributed by atoms with Crippen LogP contribution in [-0.4, -0.2) is 41.1 Å². The van der Waals surface area contributed by atoms with E-state index in [0.29, 0.717) is 0 Å². The molecule has 2 bridgehead atoms. The number of para-hydroxylation sites is 1. The minimum Gasteiger partial charge on any atom is -0.358 e. The second-order valence-corrected chi connectivity index (χ2v) is 7.33. The van der Waals surface area contributed by atoms with Crippen LogP contribution in [-0.2, 0) is 22.4 Å². The molecule has 0 aliphatic carbocycles. The number of aromatic amines is 1. The number of epoxide rings is 1. The highest BCUT2D eigenvalue weighted by atomic mass is 16.6. The molecule has 1 N–H and O–H groups in total. The molecule has 3 aliphatic rings. The molecular weight excluding hydrogens is 288 g/mol. The fourth-order valence-corrected chi connectivity index (χ4v) is 4.77. The maximum Gasteiger partial charge on any atom is 0.254 e. The third kappa shape index (κ3) is 1.84. The van der Waals surface area contributed by atoms with Crippen LogP contribution in [0.1, 0.15) is 31.0 Å². The standard InChI is InChI=1S/C19H22N2O2/c1-2-19-9-7-15-13(12-5-3-4-6-14(12)20-15)8-10-21(11-19)18(22)16-17(19)23-16/h3-6,16-17,20H,2,7-11H2,1H3. The van der Waals surface area contributed by atoms with E-state index in [0.717, 1.165) is 38.8 Å². The number of hydrogen-bond donors (Lipinski definition) is 1. The number of carbonyl (C=O) groups excluding carboxylic acids is 1. The summed E-state index contributed by atoms with van der Waals surface area (Å²) in [6.07, 6.45) is 4.15. The van der Waals surface area contributed by atoms with Crippen LogP contribution in [0.4, 0.5) is 0 Å². The first-order valence-corrected chi connectivity index (χ1v) is 8.74. The molecule has 1 aromatic heterocycles. The monoisotopic (exact) mass is 310 g/mol. The number of nitrogens with one attached hydrogen (secondary N) is 1. The van der Waals surface area contributed by atoms with Gasteiger partial charge < -0.3 is 14.6 Å². The number of aromatic nitrogens is 1. The minimum atomic E-state index is -0.156. The first-order valence-electron chi connectivity index (χ1n) is 8.74. The SMILES string of the molecule is CCC12CCc3[nH]c4ccccc4c3CCN(C1)C(=O)C1OC12. The zero-order valence-corrected chi connectivity index (χ0v) is 13.5. The van der Waals surface area contributed by atoms with E-state index in [1.807, 2.05) is 0 Å². The average molecular weight is 310 g/mol. The molecule has 1 amide bonds. The Morgan fingerprint density at radius 2 is 2.22 bits per heavy atom. The predicted octanol–water partition coefficient (Wildman–Crippen LogP) is 2.66. The molecule has 3 atom stereocenters. The van der Waals surface area contributed by atoms with Crippen LogP contribution < -0.4 is 0 Å². The van der Waals surface area contributed by atoms with Crippen molar-refractivity contribution in [2.75, 3.05) is 13.1 Å². The Kier molecular flexibility index (Phi) is 2.72. The molecule has 5 rings (SSSR count). The van der Waals surface area contributed by atoms with E-state index in [1.165, 1.54) is 22.2 Å². The van der Waals surface area contributed by atoms with Crippen LogP contribution in [0.15, 0.2) is 24.3 Å². The van der Waals surface area contributed by atoms with Crippen molar-refractivity contribution in [1.29, 1.82) is 0 Å². The van der Waals surface area contributed by atoms with Crippen molar-refractivity contribution in [1.82, 2.24) is 9.88 Å². The van der Waals surface area contributed by atoms with Crippen LogP contribution in [0.25, 0.3) is 10.9 Å². The van der Waals surface area contributed by atoms with Gasteiger partial charge in [0.05, 0.1) is 0 Å². The van der Waals surface area contributed by atoms with Gasteiger partial charge in [-0.2, -0.15) is 0 Å². The number of rotatable bonds is 1. The Bertz CT molecular complexity index is 796.